The number of alkyl halides is 2. The SMILES string of the molecule is [2H]C1(C#N)C(N2CCC(F)(F)CC2)=CC=CC1N. The van der Waals surface area contributed by atoms with Crippen LogP contribution < -0.4 is 5.73 Å². The van der Waals surface area contributed by atoms with Crippen LogP contribution in [-0.2, 0) is 0 Å². The summed E-state index contributed by atoms with van der Waals surface area (Å²) < 4.78 is 34.3. The first-order chi connectivity index (χ1) is 8.39. The van der Waals surface area contributed by atoms with Crippen molar-refractivity contribution in [2.24, 2.45) is 11.6 Å². The first-order valence-electron chi connectivity index (χ1n) is 6.08. The van der Waals surface area contributed by atoms with Crippen LogP contribution >= 0.6 is 0 Å². The standard InChI is InChI=1S/C12H15F2N3/c13-12(14)4-6-17(7-5-12)11-3-1-2-10(16)9(11)8-15/h1-3,9-10H,4-7,16H2/i9D. The molecular weight excluding hydrogens is 224 g/mol. The molecule has 1 aliphatic carbocycles. The van der Waals surface area contributed by atoms with Gasteiger partial charge in [0.05, 0.1) is 7.44 Å². The highest BCUT2D eigenvalue weighted by molar-refractivity contribution is 5.29. The lowest BCUT2D eigenvalue weighted by Gasteiger charge is -2.38. The number of likely N-dealkylation sites (tertiary alicyclic amines) is 1. The van der Waals surface area contributed by atoms with Crippen LogP contribution in [0, 0.1) is 17.2 Å². The largest absolute Gasteiger partial charge is 0.373 e. The van der Waals surface area contributed by atoms with Gasteiger partial charge in [-0.15, -0.1) is 0 Å². The Hall–Kier alpha value is -1.41. The van der Waals surface area contributed by atoms with Crippen molar-refractivity contribution in [1.82, 2.24) is 4.90 Å². The van der Waals surface area contributed by atoms with Crippen LogP contribution in [0.3, 0.4) is 0 Å². The van der Waals surface area contributed by atoms with Crippen molar-refractivity contribution in [2.75, 3.05) is 13.1 Å². The maximum Gasteiger partial charge on any atom is 0.251 e. The second-order valence-corrected chi connectivity index (χ2v) is 4.33. The Labute approximate surface area is 101 Å². The average molecular weight is 240 g/mol. The molecule has 92 valence electrons. The summed E-state index contributed by atoms with van der Waals surface area (Å²) in [6.45, 7) is 0.309. The molecule has 3 nitrogen and oxygen atoms in total. The Kier molecular flexibility index (Phi) is 2.81. The van der Waals surface area contributed by atoms with E-state index < -0.39 is 17.9 Å². The molecule has 2 unspecified atom stereocenters. The molecule has 0 aromatic rings. The molecule has 1 saturated heterocycles. The van der Waals surface area contributed by atoms with E-state index in [0.717, 1.165) is 0 Å². The lowest BCUT2D eigenvalue weighted by Crippen LogP contribution is -2.43. The number of allylic oxidation sites excluding steroid dienone is 2. The lowest BCUT2D eigenvalue weighted by atomic mass is 9.91. The summed E-state index contributed by atoms with van der Waals surface area (Å²) in [5.74, 6) is -4.22. The van der Waals surface area contributed by atoms with E-state index in [1.165, 1.54) is 0 Å². The fourth-order valence-electron chi connectivity index (χ4n) is 2.11. The summed E-state index contributed by atoms with van der Waals surface area (Å²) in [6.07, 6.45) is 4.40. The molecule has 0 spiro atoms. The van der Waals surface area contributed by atoms with Crippen molar-refractivity contribution in [1.29, 1.82) is 5.26 Å². The van der Waals surface area contributed by atoms with Crippen molar-refractivity contribution in [3.8, 4) is 6.07 Å². The maximum atomic E-state index is 13.1. The Bertz CT molecular complexity index is 431. The highest BCUT2D eigenvalue weighted by Crippen LogP contribution is 2.32. The third-order valence-corrected chi connectivity index (χ3v) is 3.14. The predicted molar refractivity (Wildman–Crippen MR) is 60.1 cm³/mol. The number of piperidine rings is 1. The number of hydrogen-bond donors (Lipinski definition) is 1. The van der Waals surface area contributed by atoms with Gasteiger partial charge in [-0.1, -0.05) is 12.2 Å². The highest BCUT2D eigenvalue weighted by Gasteiger charge is 2.36. The summed E-state index contributed by atoms with van der Waals surface area (Å²) in [4.78, 5) is 1.68. The van der Waals surface area contributed by atoms with Gasteiger partial charge in [-0.3, -0.25) is 0 Å². The minimum absolute atomic E-state index is 0.154. The van der Waals surface area contributed by atoms with E-state index in [9.17, 15) is 8.78 Å². The van der Waals surface area contributed by atoms with Gasteiger partial charge in [0, 0.05) is 37.7 Å². The Morgan fingerprint density at radius 1 is 1.53 bits per heavy atom. The number of nitrogens with two attached hydrogens (primary N) is 1. The molecule has 0 saturated carbocycles. The second kappa shape index (κ2) is 4.46. The molecule has 0 aromatic carbocycles. The van der Waals surface area contributed by atoms with Gasteiger partial charge < -0.3 is 10.6 Å². The van der Waals surface area contributed by atoms with Crippen molar-refractivity contribution in [3.63, 3.8) is 0 Å². The van der Waals surface area contributed by atoms with E-state index in [1.807, 2.05) is 6.07 Å². The minimum Gasteiger partial charge on any atom is -0.373 e. The molecule has 17 heavy (non-hydrogen) atoms. The third kappa shape index (κ3) is 2.47. The molecular formula is C12H15F2N3. The third-order valence-electron chi connectivity index (χ3n) is 3.14. The van der Waals surface area contributed by atoms with E-state index in [1.54, 1.807) is 23.1 Å². The van der Waals surface area contributed by atoms with Crippen molar-refractivity contribution in [3.05, 3.63) is 23.9 Å². The number of nitriles is 1. The average Bonchev–Trinajstić information content (AvgIpc) is 2.33. The van der Waals surface area contributed by atoms with E-state index in [4.69, 9.17) is 12.4 Å². The van der Waals surface area contributed by atoms with Crippen molar-refractivity contribution >= 4 is 0 Å². The Balaban J connectivity index is 2.21. The second-order valence-electron chi connectivity index (χ2n) is 4.33. The van der Waals surface area contributed by atoms with Gasteiger partial charge in [-0.05, 0) is 6.08 Å². The molecule has 2 atom stereocenters. The van der Waals surface area contributed by atoms with Crippen LogP contribution in [0.25, 0.3) is 0 Å². The molecule has 2 N–H and O–H groups in total. The van der Waals surface area contributed by atoms with Crippen LogP contribution in [0.1, 0.15) is 14.2 Å². The van der Waals surface area contributed by atoms with Crippen LogP contribution in [0.5, 0.6) is 0 Å². The smallest absolute Gasteiger partial charge is 0.251 e. The van der Waals surface area contributed by atoms with Crippen LogP contribution in [0.4, 0.5) is 8.78 Å². The first-order valence-corrected chi connectivity index (χ1v) is 5.58. The van der Waals surface area contributed by atoms with Crippen LogP contribution in [-0.4, -0.2) is 30.0 Å². The zero-order chi connectivity index (χ0) is 13.4. The number of rotatable bonds is 1. The van der Waals surface area contributed by atoms with E-state index in [0.29, 0.717) is 5.70 Å². The molecule has 5 heteroatoms. The summed E-state index contributed by atoms with van der Waals surface area (Å²) in [7, 11) is 0. The van der Waals surface area contributed by atoms with Gasteiger partial charge in [-0.2, -0.15) is 5.26 Å². The molecule has 0 amide bonds. The lowest BCUT2D eigenvalue weighted by molar-refractivity contribution is -0.0502. The topological polar surface area (TPSA) is 53.0 Å². The van der Waals surface area contributed by atoms with Gasteiger partial charge in [0.1, 0.15) is 5.89 Å². The zero-order valence-corrected chi connectivity index (χ0v) is 9.37. The predicted octanol–water partition coefficient (Wildman–Crippen LogP) is 1.64. The highest BCUT2D eigenvalue weighted by atomic mass is 19.3. The monoisotopic (exact) mass is 240 g/mol. The normalized spacial score (nSPS) is 37.1. The number of nitrogens with zero attached hydrogens (tertiary/aromatic N) is 2. The van der Waals surface area contributed by atoms with Gasteiger partial charge >= 0.3 is 0 Å². The molecule has 2 rings (SSSR count). The van der Waals surface area contributed by atoms with E-state index >= 15 is 0 Å². The fraction of sp³-hybridized carbons (Fsp3) is 0.583. The summed E-state index contributed by atoms with van der Waals surface area (Å²) in [5.41, 5.74) is 6.19. The fourth-order valence-corrected chi connectivity index (χ4v) is 2.11. The number of halogens is 2. The van der Waals surface area contributed by atoms with Gasteiger partial charge in [0.15, 0.2) is 0 Å². The zero-order valence-electron chi connectivity index (χ0n) is 10.4. The molecule has 0 bridgehead atoms. The Morgan fingerprint density at radius 2 is 2.18 bits per heavy atom. The van der Waals surface area contributed by atoms with E-state index in [2.05, 4.69) is 0 Å². The number of hydrogen-bond acceptors (Lipinski definition) is 3. The Morgan fingerprint density at radius 3 is 2.76 bits per heavy atom. The molecule has 1 aliphatic heterocycles. The minimum atomic E-state index is -2.64. The van der Waals surface area contributed by atoms with Crippen LogP contribution in [0.15, 0.2) is 23.9 Å². The van der Waals surface area contributed by atoms with E-state index in [-0.39, 0.29) is 25.9 Å². The van der Waals surface area contributed by atoms with Crippen LogP contribution in [0.2, 0.25) is 0 Å². The molecule has 1 heterocycles. The van der Waals surface area contributed by atoms with Gasteiger partial charge in [0.2, 0.25) is 0 Å². The van der Waals surface area contributed by atoms with Gasteiger partial charge in [0.25, 0.3) is 5.92 Å². The summed E-state index contributed by atoms with van der Waals surface area (Å²) >= 11 is 0. The summed E-state index contributed by atoms with van der Waals surface area (Å²) in [6, 6.07) is 1.16. The molecule has 0 radical (unpaired) electrons. The molecule has 0 aromatic heterocycles. The van der Waals surface area contributed by atoms with Gasteiger partial charge in [-0.25, -0.2) is 8.78 Å². The quantitative estimate of drug-likeness (QED) is 0.758. The first kappa shape index (κ1) is 10.7. The van der Waals surface area contributed by atoms with Crippen molar-refractivity contribution < 1.29 is 10.2 Å². The maximum absolute atomic E-state index is 13.1. The summed E-state index contributed by atoms with van der Waals surface area (Å²) in [5, 5.41) is 9.16. The van der Waals surface area contributed by atoms with Crippen molar-refractivity contribution in [2.45, 2.75) is 24.8 Å². The molecule has 2 aliphatic rings. The molecule has 1 fully saturated rings.